The van der Waals surface area contributed by atoms with Crippen molar-refractivity contribution in [1.29, 1.82) is 0 Å². The second-order valence-corrected chi connectivity index (χ2v) is 22.7. The molecule has 0 bridgehead atoms. The third-order valence-electron chi connectivity index (χ3n) is 14.8. The van der Waals surface area contributed by atoms with Crippen LogP contribution in [0.3, 0.4) is 0 Å². The van der Waals surface area contributed by atoms with Gasteiger partial charge < -0.3 is 14.2 Å². The van der Waals surface area contributed by atoms with Crippen LogP contribution in [0.1, 0.15) is 329 Å². The van der Waals surface area contributed by atoms with Crippen LogP contribution in [0.15, 0.2) is 109 Å². The number of rotatable bonds is 62. The van der Waals surface area contributed by atoms with Crippen molar-refractivity contribution in [2.75, 3.05) is 13.2 Å². The largest absolute Gasteiger partial charge is 0.462 e. The molecule has 81 heavy (non-hydrogen) atoms. The normalized spacial score (nSPS) is 12.8. The smallest absolute Gasteiger partial charge is 0.306 e. The van der Waals surface area contributed by atoms with Gasteiger partial charge in [-0.1, -0.05) is 336 Å². The first-order valence-corrected chi connectivity index (χ1v) is 34.4. The molecule has 0 spiro atoms. The molecule has 0 aromatic carbocycles. The molecule has 1 atom stereocenters. The summed E-state index contributed by atoms with van der Waals surface area (Å²) in [5, 5.41) is 0. The predicted molar refractivity (Wildman–Crippen MR) is 353 cm³/mol. The molecule has 0 heterocycles. The van der Waals surface area contributed by atoms with Crippen LogP contribution in [-0.2, 0) is 28.6 Å². The number of unbranched alkanes of at least 4 members (excludes halogenated alkanes) is 33. The van der Waals surface area contributed by atoms with Crippen molar-refractivity contribution in [3.05, 3.63) is 109 Å². The Bertz CT molecular complexity index is 1620. The zero-order valence-corrected chi connectivity index (χ0v) is 53.3. The van der Waals surface area contributed by atoms with Crippen LogP contribution in [0.25, 0.3) is 0 Å². The number of esters is 3. The Balaban J connectivity index is 4.41. The second kappa shape index (κ2) is 68.6. The summed E-state index contributed by atoms with van der Waals surface area (Å²) in [6.07, 6.45) is 94.0. The van der Waals surface area contributed by atoms with Gasteiger partial charge in [0.2, 0.25) is 0 Å². The molecular formula is C75H128O6. The lowest BCUT2D eigenvalue weighted by molar-refractivity contribution is -0.167. The maximum atomic E-state index is 12.9. The maximum absolute atomic E-state index is 12.9. The van der Waals surface area contributed by atoms with E-state index in [-0.39, 0.29) is 37.5 Å². The Labute approximate surface area is 501 Å². The van der Waals surface area contributed by atoms with Gasteiger partial charge in [0, 0.05) is 19.3 Å². The monoisotopic (exact) mass is 1120 g/mol. The first-order chi connectivity index (χ1) is 40.0. The van der Waals surface area contributed by atoms with E-state index in [2.05, 4.69) is 130 Å². The van der Waals surface area contributed by atoms with Gasteiger partial charge in [0.1, 0.15) is 13.2 Å². The minimum atomic E-state index is -0.801. The van der Waals surface area contributed by atoms with Crippen molar-refractivity contribution in [1.82, 2.24) is 0 Å². The summed E-state index contributed by atoms with van der Waals surface area (Å²) >= 11 is 0. The fourth-order valence-corrected chi connectivity index (χ4v) is 9.68. The van der Waals surface area contributed by atoms with E-state index in [9.17, 15) is 14.4 Å². The Kier molecular flexibility index (Phi) is 65.2. The summed E-state index contributed by atoms with van der Waals surface area (Å²) in [5.74, 6) is -0.939. The number of carbonyl (C=O) groups is 3. The molecule has 0 aromatic rings. The quantitative estimate of drug-likeness (QED) is 0.0261. The zero-order chi connectivity index (χ0) is 58.5. The molecule has 0 rings (SSSR count). The highest BCUT2D eigenvalue weighted by atomic mass is 16.6. The van der Waals surface area contributed by atoms with Crippen LogP contribution in [0.5, 0.6) is 0 Å². The van der Waals surface area contributed by atoms with Crippen molar-refractivity contribution < 1.29 is 28.6 Å². The highest BCUT2D eigenvalue weighted by Crippen LogP contribution is 2.17. The number of allylic oxidation sites excluding steroid dienone is 18. The topological polar surface area (TPSA) is 78.9 Å². The Morgan fingerprint density at radius 2 is 0.481 bits per heavy atom. The summed E-state index contributed by atoms with van der Waals surface area (Å²) in [6.45, 7) is 6.52. The molecule has 6 heteroatoms. The first kappa shape index (κ1) is 77.1. The van der Waals surface area contributed by atoms with E-state index in [0.717, 1.165) is 103 Å². The lowest BCUT2D eigenvalue weighted by Crippen LogP contribution is -2.30. The number of hydrogen-bond acceptors (Lipinski definition) is 6. The van der Waals surface area contributed by atoms with Gasteiger partial charge in [0.05, 0.1) is 0 Å². The van der Waals surface area contributed by atoms with E-state index < -0.39 is 6.10 Å². The second-order valence-electron chi connectivity index (χ2n) is 22.7. The predicted octanol–water partition coefficient (Wildman–Crippen LogP) is 23.8. The molecule has 0 aromatic heterocycles. The van der Waals surface area contributed by atoms with Crippen molar-refractivity contribution in [2.24, 2.45) is 0 Å². The van der Waals surface area contributed by atoms with Gasteiger partial charge in [-0.3, -0.25) is 14.4 Å². The van der Waals surface area contributed by atoms with E-state index >= 15 is 0 Å². The lowest BCUT2D eigenvalue weighted by Gasteiger charge is -2.18. The minimum absolute atomic E-state index is 0.0920. The summed E-state index contributed by atoms with van der Waals surface area (Å²) in [7, 11) is 0. The summed E-state index contributed by atoms with van der Waals surface area (Å²) < 4.78 is 16.9. The van der Waals surface area contributed by atoms with E-state index in [1.54, 1.807) is 0 Å². The molecule has 0 N–H and O–H groups in total. The van der Waals surface area contributed by atoms with Gasteiger partial charge >= 0.3 is 17.9 Å². The summed E-state index contributed by atoms with van der Waals surface area (Å²) in [6, 6.07) is 0. The molecule has 0 aliphatic heterocycles. The van der Waals surface area contributed by atoms with E-state index in [1.807, 2.05) is 0 Å². The molecule has 0 radical (unpaired) electrons. The fraction of sp³-hybridized carbons (Fsp3) is 0.720. The Hall–Kier alpha value is -3.93. The molecule has 464 valence electrons. The Morgan fingerprint density at radius 1 is 0.259 bits per heavy atom. The molecule has 0 fully saturated rings. The van der Waals surface area contributed by atoms with Crippen LogP contribution >= 0.6 is 0 Å². The number of ether oxygens (including phenoxy) is 3. The molecule has 6 nitrogen and oxygen atoms in total. The number of hydrogen-bond donors (Lipinski definition) is 0. The van der Waals surface area contributed by atoms with Gasteiger partial charge in [-0.2, -0.15) is 0 Å². The molecule has 0 saturated carbocycles. The van der Waals surface area contributed by atoms with Crippen LogP contribution in [-0.4, -0.2) is 37.2 Å². The van der Waals surface area contributed by atoms with Gasteiger partial charge in [-0.25, -0.2) is 0 Å². The standard InChI is InChI=1S/C75H128O6/c1-4-7-10-13-16-19-22-25-28-30-32-34-35-36-37-38-39-40-41-42-44-45-47-50-53-56-59-62-65-68-74(77)80-71-72(70-79-73(76)67-64-61-58-55-52-49-27-24-21-18-15-12-9-6-3)81-75(78)69-66-63-60-57-54-51-48-46-43-33-31-29-26-23-20-17-14-11-8-5-2/h7,10,16,19,25,28,32,34,36-37,39-40,42,44,47,50,56,59,72H,4-6,8-9,11-15,17-18,20-24,26-27,29-31,33,35,38,41,43,45-46,48-49,51-55,57-58,60-71H2,1-3H3/b10-7-,19-16-,28-25-,34-32-,37-36-,40-39-,44-42-,50-47-,59-56-. The zero-order valence-electron chi connectivity index (χ0n) is 53.3. The SMILES string of the molecule is CC/C=C\C/C=C\C/C=C\C/C=C\C/C=C\C/C=C\C/C=C\C/C=C\C/C=C\CCCC(=O)OCC(COC(=O)CCCCCCCCCCCCCCCC)OC(=O)CCCCCCCCCCCCCCCCCCCCCC. The van der Waals surface area contributed by atoms with Gasteiger partial charge in [-0.05, 0) is 83.5 Å². The lowest BCUT2D eigenvalue weighted by atomic mass is 10.0. The fourth-order valence-electron chi connectivity index (χ4n) is 9.68. The third kappa shape index (κ3) is 66.8. The van der Waals surface area contributed by atoms with Crippen LogP contribution in [0.2, 0.25) is 0 Å². The highest BCUT2D eigenvalue weighted by Gasteiger charge is 2.19. The van der Waals surface area contributed by atoms with Gasteiger partial charge in [-0.15, -0.1) is 0 Å². The molecule has 0 aliphatic rings. The van der Waals surface area contributed by atoms with Crippen molar-refractivity contribution in [2.45, 2.75) is 335 Å². The van der Waals surface area contributed by atoms with Crippen molar-refractivity contribution >= 4 is 17.9 Å². The average Bonchev–Trinajstić information content (AvgIpc) is 3.47. The van der Waals surface area contributed by atoms with Gasteiger partial charge in [0.25, 0.3) is 0 Å². The molecular weight excluding hydrogens is 997 g/mol. The van der Waals surface area contributed by atoms with E-state index in [0.29, 0.717) is 19.3 Å². The molecule has 0 saturated heterocycles. The van der Waals surface area contributed by atoms with Crippen molar-refractivity contribution in [3.8, 4) is 0 Å². The Morgan fingerprint density at radius 3 is 0.753 bits per heavy atom. The average molecular weight is 1130 g/mol. The number of carbonyl (C=O) groups excluding carboxylic acids is 3. The van der Waals surface area contributed by atoms with Crippen molar-refractivity contribution in [3.63, 3.8) is 0 Å². The van der Waals surface area contributed by atoms with Crippen LogP contribution < -0.4 is 0 Å². The van der Waals surface area contributed by atoms with E-state index in [4.69, 9.17) is 14.2 Å². The summed E-state index contributed by atoms with van der Waals surface area (Å²) in [4.78, 5) is 38.4. The maximum Gasteiger partial charge on any atom is 0.306 e. The van der Waals surface area contributed by atoms with E-state index in [1.165, 1.54) is 180 Å². The molecule has 0 aliphatic carbocycles. The molecule has 0 amide bonds. The van der Waals surface area contributed by atoms with Crippen LogP contribution in [0, 0.1) is 0 Å². The molecule has 1 unspecified atom stereocenters. The highest BCUT2D eigenvalue weighted by molar-refractivity contribution is 5.71. The first-order valence-electron chi connectivity index (χ1n) is 34.4. The van der Waals surface area contributed by atoms with Crippen LogP contribution in [0.4, 0.5) is 0 Å². The summed E-state index contributed by atoms with van der Waals surface area (Å²) in [5.41, 5.74) is 0. The van der Waals surface area contributed by atoms with Gasteiger partial charge in [0.15, 0.2) is 6.10 Å². The third-order valence-corrected chi connectivity index (χ3v) is 14.8. The minimum Gasteiger partial charge on any atom is -0.462 e.